The normalized spacial score (nSPS) is 13.8. The van der Waals surface area contributed by atoms with E-state index in [-0.39, 0.29) is 25.0 Å². The molecule has 20 heavy (non-hydrogen) atoms. The number of carboxylic acid groups (broad SMARTS) is 1. The largest absolute Gasteiger partial charge is 0.481 e. The first-order chi connectivity index (χ1) is 9.61. The molecular formula is C15H20N2O3. The molecule has 1 aliphatic rings. The number of carboxylic acids is 1. The summed E-state index contributed by atoms with van der Waals surface area (Å²) >= 11 is 0. The highest BCUT2D eigenvalue weighted by Crippen LogP contribution is 2.28. The molecule has 0 atom stereocenters. The van der Waals surface area contributed by atoms with Gasteiger partial charge in [0.2, 0.25) is 0 Å². The maximum Gasteiger partial charge on any atom is 0.322 e. The predicted molar refractivity (Wildman–Crippen MR) is 76.8 cm³/mol. The molecule has 2 N–H and O–H groups in total. The van der Waals surface area contributed by atoms with Gasteiger partial charge in [-0.2, -0.15) is 0 Å². The lowest BCUT2D eigenvalue weighted by Gasteiger charge is -2.22. The Morgan fingerprint density at radius 1 is 1.35 bits per heavy atom. The molecule has 1 saturated carbocycles. The summed E-state index contributed by atoms with van der Waals surface area (Å²) < 4.78 is 0. The monoisotopic (exact) mass is 276 g/mol. The van der Waals surface area contributed by atoms with Crippen LogP contribution in [0.15, 0.2) is 24.3 Å². The van der Waals surface area contributed by atoms with Crippen molar-refractivity contribution >= 4 is 17.7 Å². The lowest BCUT2D eigenvalue weighted by atomic mass is 10.1. The Hall–Kier alpha value is -2.04. The predicted octanol–water partition coefficient (Wildman–Crippen LogP) is 2.72. The van der Waals surface area contributed by atoms with Gasteiger partial charge in [-0.15, -0.1) is 0 Å². The number of benzene rings is 1. The number of aryl methyl sites for hydroxylation is 1. The molecule has 0 heterocycles. The van der Waals surface area contributed by atoms with Gasteiger partial charge in [0.15, 0.2) is 0 Å². The number of rotatable bonds is 6. The van der Waals surface area contributed by atoms with Crippen LogP contribution in [-0.2, 0) is 11.2 Å². The molecule has 1 aromatic carbocycles. The number of carbonyl (C=O) groups is 2. The van der Waals surface area contributed by atoms with Gasteiger partial charge >= 0.3 is 12.0 Å². The fraction of sp³-hybridized carbons (Fsp3) is 0.467. The molecule has 5 heteroatoms. The summed E-state index contributed by atoms with van der Waals surface area (Å²) in [5.74, 6) is -0.877. The van der Waals surface area contributed by atoms with Crippen LogP contribution < -0.4 is 5.32 Å². The number of carbonyl (C=O) groups excluding carboxylic acids is 1. The molecule has 2 rings (SSSR count). The van der Waals surface area contributed by atoms with E-state index in [4.69, 9.17) is 5.11 Å². The molecular weight excluding hydrogens is 256 g/mol. The highest BCUT2D eigenvalue weighted by atomic mass is 16.4. The number of nitrogens with one attached hydrogen (secondary N) is 1. The smallest absolute Gasteiger partial charge is 0.322 e. The Morgan fingerprint density at radius 2 is 2.05 bits per heavy atom. The zero-order chi connectivity index (χ0) is 14.5. The second-order valence-electron chi connectivity index (χ2n) is 5.01. The lowest BCUT2D eigenvalue weighted by molar-refractivity contribution is -0.137. The zero-order valence-electron chi connectivity index (χ0n) is 11.6. The molecule has 108 valence electrons. The highest BCUT2D eigenvalue weighted by Gasteiger charge is 2.32. The van der Waals surface area contributed by atoms with Crippen LogP contribution in [0.4, 0.5) is 10.5 Å². The van der Waals surface area contributed by atoms with Crippen LogP contribution in [0.2, 0.25) is 0 Å². The Kier molecular flexibility index (Phi) is 4.61. The highest BCUT2D eigenvalue weighted by molar-refractivity contribution is 5.90. The van der Waals surface area contributed by atoms with Crippen LogP contribution in [-0.4, -0.2) is 34.6 Å². The van der Waals surface area contributed by atoms with Crippen LogP contribution in [0.1, 0.15) is 31.7 Å². The average molecular weight is 276 g/mol. The minimum Gasteiger partial charge on any atom is -0.481 e. The Balaban J connectivity index is 2.02. The Labute approximate surface area is 118 Å². The molecule has 0 aromatic heterocycles. The average Bonchev–Trinajstić information content (AvgIpc) is 3.24. The molecule has 0 bridgehead atoms. The maximum absolute atomic E-state index is 12.3. The minimum absolute atomic E-state index is 0.0145. The molecule has 1 aromatic rings. The van der Waals surface area contributed by atoms with Gasteiger partial charge in [0.05, 0.1) is 6.42 Å². The third-order valence-electron chi connectivity index (χ3n) is 3.45. The first-order valence-electron chi connectivity index (χ1n) is 6.99. The number of nitrogens with zero attached hydrogens (tertiary/aromatic N) is 1. The van der Waals surface area contributed by atoms with E-state index in [1.807, 2.05) is 31.2 Å². The summed E-state index contributed by atoms with van der Waals surface area (Å²) in [6.45, 7) is 2.30. The van der Waals surface area contributed by atoms with E-state index in [0.717, 1.165) is 30.5 Å². The van der Waals surface area contributed by atoms with Gasteiger partial charge in [-0.1, -0.05) is 25.1 Å². The van der Waals surface area contributed by atoms with Gasteiger partial charge in [-0.05, 0) is 30.9 Å². The van der Waals surface area contributed by atoms with Crippen molar-refractivity contribution in [3.8, 4) is 0 Å². The summed E-state index contributed by atoms with van der Waals surface area (Å²) in [5.41, 5.74) is 1.89. The van der Waals surface area contributed by atoms with Crippen molar-refractivity contribution in [2.75, 3.05) is 11.9 Å². The number of anilines is 1. The third kappa shape index (κ3) is 3.73. The van der Waals surface area contributed by atoms with E-state index in [0.29, 0.717) is 0 Å². The molecule has 0 aliphatic heterocycles. The van der Waals surface area contributed by atoms with Crippen molar-refractivity contribution < 1.29 is 14.7 Å². The van der Waals surface area contributed by atoms with E-state index in [9.17, 15) is 9.59 Å². The van der Waals surface area contributed by atoms with Gasteiger partial charge in [0, 0.05) is 18.3 Å². The van der Waals surface area contributed by atoms with E-state index in [1.54, 1.807) is 4.90 Å². The van der Waals surface area contributed by atoms with E-state index in [1.165, 1.54) is 0 Å². The summed E-state index contributed by atoms with van der Waals surface area (Å²) in [6.07, 6.45) is 2.75. The van der Waals surface area contributed by atoms with Crippen molar-refractivity contribution in [1.82, 2.24) is 4.90 Å². The standard InChI is InChI=1S/C15H20N2O3/c1-2-11-5-3-4-6-13(11)16-15(20)17(12-7-8-12)10-9-14(18)19/h3-6,12H,2,7-10H2,1H3,(H,16,20)(H,18,19). The van der Waals surface area contributed by atoms with Gasteiger partial charge in [0.25, 0.3) is 0 Å². The Bertz CT molecular complexity index is 498. The topological polar surface area (TPSA) is 69.6 Å². The van der Waals surface area contributed by atoms with Crippen LogP contribution >= 0.6 is 0 Å². The van der Waals surface area contributed by atoms with Crippen molar-refractivity contribution in [1.29, 1.82) is 0 Å². The van der Waals surface area contributed by atoms with Crippen molar-refractivity contribution in [2.45, 2.75) is 38.6 Å². The molecule has 0 unspecified atom stereocenters. The molecule has 5 nitrogen and oxygen atoms in total. The van der Waals surface area contributed by atoms with E-state index >= 15 is 0 Å². The molecule has 1 fully saturated rings. The molecule has 0 spiro atoms. The van der Waals surface area contributed by atoms with E-state index in [2.05, 4.69) is 5.32 Å². The summed E-state index contributed by atoms with van der Waals surface area (Å²) in [5, 5.41) is 11.7. The number of aliphatic carboxylic acids is 1. The zero-order valence-corrected chi connectivity index (χ0v) is 11.6. The fourth-order valence-electron chi connectivity index (χ4n) is 2.19. The first kappa shape index (κ1) is 14.4. The van der Waals surface area contributed by atoms with E-state index < -0.39 is 5.97 Å². The second kappa shape index (κ2) is 6.41. The number of para-hydroxylation sites is 1. The van der Waals surface area contributed by atoms with Crippen LogP contribution in [0.25, 0.3) is 0 Å². The first-order valence-corrected chi connectivity index (χ1v) is 6.99. The maximum atomic E-state index is 12.3. The van der Waals surface area contributed by atoms with Crippen molar-refractivity contribution in [2.24, 2.45) is 0 Å². The van der Waals surface area contributed by atoms with Gasteiger partial charge in [-0.3, -0.25) is 4.79 Å². The summed E-state index contributed by atoms with van der Waals surface area (Å²) in [6, 6.07) is 7.68. The van der Waals surface area contributed by atoms with Gasteiger partial charge in [-0.25, -0.2) is 4.79 Å². The fourth-order valence-corrected chi connectivity index (χ4v) is 2.19. The van der Waals surface area contributed by atoms with Gasteiger partial charge < -0.3 is 15.3 Å². The van der Waals surface area contributed by atoms with Gasteiger partial charge in [0.1, 0.15) is 0 Å². The lowest BCUT2D eigenvalue weighted by Crippen LogP contribution is -2.38. The number of hydrogen-bond acceptors (Lipinski definition) is 2. The molecule has 0 saturated heterocycles. The van der Waals surface area contributed by atoms with Crippen LogP contribution in [0.3, 0.4) is 0 Å². The van der Waals surface area contributed by atoms with Crippen LogP contribution in [0.5, 0.6) is 0 Å². The number of amides is 2. The summed E-state index contributed by atoms with van der Waals surface area (Å²) in [4.78, 5) is 24.6. The van der Waals surface area contributed by atoms with Crippen LogP contribution in [0, 0.1) is 0 Å². The number of urea groups is 1. The Morgan fingerprint density at radius 3 is 2.65 bits per heavy atom. The summed E-state index contributed by atoms with van der Waals surface area (Å²) in [7, 11) is 0. The SMILES string of the molecule is CCc1ccccc1NC(=O)N(CCC(=O)O)C1CC1. The molecule has 2 amide bonds. The minimum atomic E-state index is -0.877. The molecule has 0 radical (unpaired) electrons. The second-order valence-corrected chi connectivity index (χ2v) is 5.01. The quantitative estimate of drug-likeness (QED) is 0.839. The van der Waals surface area contributed by atoms with Crippen molar-refractivity contribution in [3.05, 3.63) is 29.8 Å². The molecule has 1 aliphatic carbocycles. The third-order valence-corrected chi connectivity index (χ3v) is 3.45. The number of hydrogen-bond donors (Lipinski definition) is 2. The van der Waals surface area contributed by atoms with Crippen molar-refractivity contribution in [3.63, 3.8) is 0 Å².